The van der Waals surface area contributed by atoms with E-state index >= 15 is 0 Å². The monoisotopic (exact) mass is 302 g/mol. The summed E-state index contributed by atoms with van der Waals surface area (Å²) in [6, 6.07) is 1.14. The fourth-order valence-electron chi connectivity index (χ4n) is 2.21. The molecule has 1 aliphatic heterocycles. The van der Waals surface area contributed by atoms with E-state index in [1.807, 2.05) is 0 Å². The number of hydrogen-bond acceptors (Lipinski definition) is 4. The maximum absolute atomic E-state index is 12.5. The number of aromatic carboxylic acids is 1. The lowest BCUT2D eigenvalue weighted by Gasteiger charge is -2.22. The van der Waals surface area contributed by atoms with E-state index in [0.717, 1.165) is 12.5 Å². The SMILES string of the molecule is CCN(CC1CCOC1)S(=O)(=O)c1c[nH]c(C(=O)O)c1. The number of nitrogens with zero attached hydrogens (tertiary/aromatic N) is 1. The molecule has 0 amide bonds. The lowest BCUT2D eigenvalue weighted by molar-refractivity contribution is 0.0691. The van der Waals surface area contributed by atoms with Gasteiger partial charge in [-0.1, -0.05) is 6.92 Å². The predicted octanol–water partition coefficient (Wildman–Crippen LogP) is 0.760. The quantitative estimate of drug-likeness (QED) is 0.808. The van der Waals surface area contributed by atoms with Crippen molar-refractivity contribution in [3.8, 4) is 0 Å². The lowest BCUT2D eigenvalue weighted by atomic mass is 10.1. The van der Waals surface area contributed by atoms with Gasteiger partial charge in [0.1, 0.15) is 10.6 Å². The number of carboxylic acids is 1. The molecule has 0 aliphatic carbocycles. The Morgan fingerprint density at radius 1 is 1.60 bits per heavy atom. The first kappa shape index (κ1) is 15.0. The molecule has 1 aliphatic rings. The van der Waals surface area contributed by atoms with Crippen molar-refractivity contribution in [2.45, 2.75) is 18.2 Å². The highest BCUT2D eigenvalue weighted by molar-refractivity contribution is 7.89. The number of rotatable bonds is 6. The Bertz CT molecular complexity index is 574. The van der Waals surface area contributed by atoms with Crippen molar-refractivity contribution in [3.05, 3.63) is 18.0 Å². The molecule has 1 fully saturated rings. The molecule has 8 heteroatoms. The number of carbonyl (C=O) groups is 1. The Balaban J connectivity index is 2.18. The van der Waals surface area contributed by atoms with Crippen LogP contribution in [0.15, 0.2) is 17.2 Å². The molecular weight excluding hydrogens is 284 g/mol. The van der Waals surface area contributed by atoms with Gasteiger partial charge in [-0.2, -0.15) is 4.31 Å². The summed E-state index contributed by atoms with van der Waals surface area (Å²) in [7, 11) is -3.67. The van der Waals surface area contributed by atoms with E-state index in [9.17, 15) is 13.2 Å². The van der Waals surface area contributed by atoms with Gasteiger partial charge in [-0.25, -0.2) is 13.2 Å². The van der Waals surface area contributed by atoms with Gasteiger partial charge in [0.15, 0.2) is 0 Å². The van der Waals surface area contributed by atoms with Crippen molar-refractivity contribution in [1.29, 1.82) is 0 Å². The molecule has 2 N–H and O–H groups in total. The molecule has 0 spiro atoms. The zero-order chi connectivity index (χ0) is 14.8. The highest BCUT2D eigenvalue weighted by Gasteiger charge is 2.29. The summed E-state index contributed by atoms with van der Waals surface area (Å²) in [6.45, 7) is 3.73. The van der Waals surface area contributed by atoms with Gasteiger partial charge in [-0.05, 0) is 18.4 Å². The summed E-state index contributed by atoms with van der Waals surface area (Å²) in [5, 5.41) is 8.83. The summed E-state index contributed by atoms with van der Waals surface area (Å²) in [4.78, 5) is 13.2. The van der Waals surface area contributed by atoms with Crippen molar-refractivity contribution >= 4 is 16.0 Å². The molecule has 2 heterocycles. The molecule has 1 atom stereocenters. The van der Waals surface area contributed by atoms with Crippen LogP contribution in [0.25, 0.3) is 0 Å². The molecule has 1 aromatic rings. The Morgan fingerprint density at radius 3 is 2.85 bits per heavy atom. The first-order valence-corrected chi connectivity index (χ1v) is 7.88. The van der Waals surface area contributed by atoms with Gasteiger partial charge in [-0.3, -0.25) is 0 Å². The van der Waals surface area contributed by atoms with Crippen LogP contribution in [0.3, 0.4) is 0 Å². The first-order valence-electron chi connectivity index (χ1n) is 6.44. The van der Waals surface area contributed by atoms with Crippen LogP contribution >= 0.6 is 0 Å². The zero-order valence-electron chi connectivity index (χ0n) is 11.2. The topological polar surface area (TPSA) is 99.7 Å². The third-order valence-electron chi connectivity index (χ3n) is 3.36. The summed E-state index contributed by atoms with van der Waals surface area (Å²) in [5.74, 6) is -0.985. The third-order valence-corrected chi connectivity index (χ3v) is 5.28. The predicted molar refractivity (Wildman–Crippen MR) is 71.1 cm³/mol. The van der Waals surface area contributed by atoms with Gasteiger partial charge in [-0.15, -0.1) is 0 Å². The van der Waals surface area contributed by atoms with Crippen molar-refractivity contribution < 1.29 is 23.1 Å². The minimum Gasteiger partial charge on any atom is -0.477 e. The molecule has 1 saturated heterocycles. The van der Waals surface area contributed by atoms with Crippen LogP contribution in [0.5, 0.6) is 0 Å². The second kappa shape index (κ2) is 5.94. The molecular formula is C12H18N2O5S. The van der Waals surface area contributed by atoms with Crippen molar-refractivity contribution in [2.75, 3.05) is 26.3 Å². The van der Waals surface area contributed by atoms with Crippen LogP contribution in [0, 0.1) is 5.92 Å². The molecule has 112 valence electrons. The number of nitrogens with one attached hydrogen (secondary N) is 1. The average Bonchev–Trinajstić information content (AvgIpc) is 3.06. The van der Waals surface area contributed by atoms with E-state index in [2.05, 4.69) is 4.98 Å². The number of aromatic amines is 1. The minimum atomic E-state index is -3.67. The molecule has 0 radical (unpaired) electrons. The van der Waals surface area contributed by atoms with Gasteiger partial charge in [0.25, 0.3) is 0 Å². The second-order valence-electron chi connectivity index (χ2n) is 4.74. The second-order valence-corrected chi connectivity index (χ2v) is 6.68. The number of sulfonamides is 1. The van der Waals surface area contributed by atoms with Crippen LogP contribution < -0.4 is 0 Å². The number of hydrogen-bond donors (Lipinski definition) is 2. The van der Waals surface area contributed by atoms with Crippen molar-refractivity contribution in [2.24, 2.45) is 5.92 Å². The van der Waals surface area contributed by atoms with Gasteiger partial charge in [0, 0.05) is 25.9 Å². The maximum atomic E-state index is 12.5. The molecule has 1 unspecified atom stereocenters. The van der Waals surface area contributed by atoms with E-state index in [-0.39, 0.29) is 16.5 Å². The lowest BCUT2D eigenvalue weighted by Crippen LogP contribution is -2.35. The van der Waals surface area contributed by atoms with Gasteiger partial charge < -0.3 is 14.8 Å². The summed E-state index contributed by atoms with van der Waals surface area (Å²) in [5.41, 5.74) is -0.135. The Morgan fingerprint density at radius 2 is 2.35 bits per heavy atom. The highest BCUT2D eigenvalue weighted by Crippen LogP contribution is 2.21. The number of ether oxygens (including phenoxy) is 1. The largest absolute Gasteiger partial charge is 0.477 e. The first-order chi connectivity index (χ1) is 9.45. The standard InChI is InChI=1S/C12H18N2O5S/c1-2-14(7-9-3-4-19-8-9)20(17,18)10-5-11(12(15)16)13-6-10/h5-6,9,13H,2-4,7-8H2,1H3,(H,15,16). The average molecular weight is 302 g/mol. The fourth-order valence-corrected chi connectivity index (χ4v) is 3.73. The van der Waals surface area contributed by atoms with E-state index in [1.165, 1.54) is 10.5 Å². The number of aromatic nitrogens is 1. The molecule has 0 bridgehead atoms. The highest BCUT2D eigenvalue weighted by atomic mass is 32.2. The molecule has 1 aromatic heterocycles. The summed E-state index contributed by atoms with van der Waals surface area (Å²) < 4.78 is 31.5. The van der Waals surface area contributed by atoms with Crippen LogP contribution in [0.1, 0.15) is 23.8 Å². The Labute approximate surface area is 117 Å². The summed E-state index contributed by atoms with van der Waals surface area (Å²) >= 11 is 0. The molecule has 0 saturated carbocycles. The Kier molecular flexibility index (Phi) is 4.46. The van der Waals surface area contributed by atoms with E-state index in [1.54, 1.807) is 6.92 Å². The van der Waals surface area contributed by atoms with Crippen LogP contribution in [-0.2, 0) is 14.8 Å². The van der Waals surface area contributed by atoms with Gasteiger partial charge >= 0.3 is 5.97 Å². The summed E-state index contributed by atoms with van der Waals surface area (Å²) in [6.07, 6.45) is 2.06. The molecule has 20 heavy (non-hydrogen) atoms. The van der Waals surface area contributed by atoms with E-state index in [4.69, 9.17) is 9.84 Å². The van der Waals surface area contributed by atoms with Crippen molar-refractivity contribution in [1.82, 2.24) is 9.29 Å². The van der Waals surface area contributed by atoms with Gasteiger partial charge in [0.2, 0.25) is 10.0 Å². The minimum absolute atomic E-state index is 0.0179. The fraction of sp³-hybridized carbons (Fsp3) is 0.583. The number of carboxylic acid groups (broad SMARTS) is 1. The molecule has 0 aromatic carbocycles. The third kappa shape index (κ3) is 3.02. The van der Waals surface area contributed by atoms with E-state index < -0.39 is 16.0 Å². The molecule has 2 rings (SSSR count). The zero-order valence-corrected chi connectivity index (χ0v) is 12.0. The van der Waals surface area contributed by atoms with Gasteiger partial charge in [0.05, 0.1) is 6.61 Å². The maximum Gasteiger partial charge on any atom is 0.352 e. The normalized spacial score (nSPS) is 19.6. The van der Waals surface area contributed by atoms with Crippen LogP contribution in [-0.4, -0.2) is 55.1 Å². The smallest absolute Gasteiger partial charge is 0.352 e. The number of H-pyrrole nitrogens is 1. The van der Waals surface area contributed by atoms with Crippen LogP contribution in [0.4, 0.5) is 0 Å². The van der Waals surface area contributed by atoms with Crippen LogP contribution in [0.2, 0.25) is 0 Å². The van der Waals surface area contributed by atoms with E-state index in [0.29, 0.717) is 26.3 Å². The Hall–Kier alpha value is -1.38. The molecule has 7 nitrogen and oxygen atoms in total. The van der Waals surface area contributed by atoms with Crippen molar-refractivity contribution in [3.63, 3.8) is 0 Å².